The number of amides is 4. The van der Waals surface area contributed by atoms with Gasteiger partial charge in [-0.3, -0.25) is 14.9 Å². The molecule has 4 rings (SSSR count). The molecule has 0 unspecified atom stereocenters. The molecule has 2 heterocycles. The molecule has 194 valence electrons. The summed E-state index contributed by atoms with van der Waals surface area (Å²) in [7, 11) is 0. The van der Waals surface area contributed by atoms with Crippen LogP contribution < -0.4 is 26.4 Å². The summed E-state index contributed by atoms with van der Waals surface area (Å²) in [6.45, 7) is 2.33. The number of ether oxygens (including phenoxy) is 1. The van der Waals surface area contributed by atoms with Gasteiger partial charge in [0.1, 0.15) is 23.0 Å². The smallest absolute Gasteiger partial charge is 0.319 e. The van der Waals surface area contributed by atoms with Crippen LogP contribution in [0.4, 0.5) is 14.2 Å². The number of nitrogens with two attached hydrogens (primary N) is 1. The number of anilines is 1. The summed E-state index contributed by atoms with van der Waals surface area (Å²) in [5.41, 5.74) is 5.77. The zero-order valence-corrected chi connectivity index (χ0v) is 20.4. The summed E-state index contributed by atoms with van der Waals surface area (Å²) in [4.78, 5) is 38.7. The number of carbonyl (C=O) groups is 3. The van der Waals surface area contributed by atoms with E-state index in [2.05, 4.69) is 25.2 Å². The van der Waals surface area contributed by atoms with Gasteiger partial charge in [0.05, 0.1) is 6.10 Å². The molecular formula is C23H29FN6O5S. The Balaban J connectivity index is 1.31. The van der Waals surface area contributed by atoms with Crippen molar-refractivity contribution in [1.29, 1.82) is 0 Å². The number of aromatic nitrogens is 1. The highest BCUT2D eigenvalue weighted by Gasteiger charge is 2.25. The quantitative estimate of drug-likeness (QED) is 0.280. The fourth-order valence-corrected chi connectivity index (χ4v) is 4.55. The minimum atomic E-state index is -0.861. The highest BCUT2D eigenvalue weighted by atomic mass is 32.1. The van der Waals surface area contributed by atoms with Gasteiger partial charge in [-0.2, -0.15) is 4.37 Å². The largest absolute Gasteiger partial charge is 0.471 e. The first-order valence-corrected chi connectivity index (χ1v) is 12.5. The van der Waals surface area contributed by atoms with E-state index in [1.807, 2.05) is 0 Å². The Morgan fingerprint density at radius 3 is 2.78 bits per heavy atom. The van der Waals surface area contributed by atoms with E-state index >= 15 is 0 Å². The Hall–Kier alpha value is -3.29. The molecule has 0 spiro atoms. The Morgan fingerprint density at radius 2 is 2.08 bits per heavy atom. The van der Waals surface area contributed by atoms with Crippen LogP contribution in [0.25, 0.3) is 0 Å². The number of nitrogens with one attached hydrogen (secondary N) is 3. The molecule has 11 nitrogen and oxygen atoms in total. The minimum absolute atomic E-state index is 0.107. The van der Waals surface area contributed by atoms with E-state index in [9.17, 15) is 23.9 Å². The summed E-state index contributed by atoms with van der Waals surface area (Å²) in [5.74, 6) is -1.86. The van der Waals surface area contributed by atoms with Gasteiger partial charge in [-0.25, -0.2) is 9.18 Å². The number of aliphatic hydroxyl groups is 1. The van der Waals surface area contributed by atoms with Gasteiger partial charge >= 0.3 is 6.03 Å². The van der Waals surface area contributed by atoms with Gasteiger partial charge in [0.2, 0.25) is 5.88 Å². The van der Waals surface area contributed by atoms with E-state index in [0.717, 1.165) is 43.9 Å². The summed E-state index contributed by atoms with van der Waals surface area (Å²) >= 11 is 0.812. The number of hydrogen-bond donors (Lipinski definition) is 5. The van der Waals surface area contributed by atoms with E-state index in [-0.39, 0.29) is 46.7 Å². The van der Waals surface area contributed by atoms with E-state index in [1.54, 1.807) is 0 Å². The lowest BCUT2D eigenvalue weighted by molar-refractivity contribution is 0.0949. The molecule has 13 heteroatoms. The van der Waals surface area contributed by atoms with Crippen molar-refractivity contribution >= 4 is 34.4 Å². The van der Waals surface area contributed by atoms with E-state index in [4.69, 9.17) is 10.5 Å². The van der Waals surface area contributed by atoms with E-state index in [0.29, 0.717) is 25.1 Å². The lowest BCUT2D eigenvalue weighted by Crippen LogP contribution is -2.32. The molecule has 1 aromatic heterocycles. The fraction of sp³-hybridized carbons (Fsp3) is 0.478. The summed E-state index contributed by atoms with van der Waals surface area (Å²) < 4.78 is 23.9. The van der Waals surface area contributed by atoms with Crippen LogP contribution in [0.1, 0.15) is 52.0 Å². The number of halogens is 1. The van der Waals surface area contributed by atoms with Gasteiger partial charge in [-0.1, -0.05) is 0 Å². The predicted octanol–water partition coefficient (Wildman–Crippen LogP) is 1.43. The van der Waals surface area contributed by atoms with Crippen molar-refractivity contribution in [2.45, 2.75) is 44.4 Å². The van der Waals surface area contributed by atoms with Gasteiger partial charge in [0, 0.05) is 36.8 Å². The topological polar surface area (TPSA) is 159 Å². The molecule has 0 radical (unpaired) electrons. The normalized spacial score (nSPS) is 17.6. The molecule has 2 fully saturated rings. The lowest BCUT2D eigenvalue weighted by Gasteiger charge is -2.14. The molecule has 1 aromatic carbocycles. The number of β-amino-alcohol motifs (C(OH)–C–C–N with tert-alkyl or cyclic N) is 1. The van der Waals surface area contributed by atoms with E-state index in [1.165, 1.54) is 18.2 Å². The molecule has 0 bridgehead atoms. The van der Waals surface area contributed by atoms with Crippen molar-refractivity contribution in [2.24, 2.45) is 5.73 Å². The molecular weight excluding hydrogens is 491 g/mol. The Labute approximate surface area is 211 Å². The lowest BCUT2D eigenvalue weighted by atomic mass is 10.1. The number of benzene rings is 1. The minimum Gasteiger partial charge on any atom is -0.471 e. The molecule has 1 saturated heterocycles. The Bertz CT molecular complexity index is 1120. The molecule has 4 amide bonds. The number of rotatable bonds is 11. The number of primary amides is 1. The van der Waals surface area contributed by atoms with Gasteiger partial charge in [0.15, 0.2) is 0 Å². The van der Waals surface area contributed by atoms with Crippen molar-refractivity contribution in [1.82, 2.24) is 19.9 Å². The predicted molar refractivity (Wildman–Crippen MR) is 131 cm³/mol. The molecule has 1 atom stereocenters. The Kier molecular flexibility index (Phi) is 8.33. The zero-order chi connectivity index (χ0) is 25.7. The maximum atomic E-state index is 14.3. The summed E-state index contributed by atoms with van der Waals surface area (Å²) in [6, 6.07) is 3.59. The highest BCUT2D eigenvalue weighted by Crippen LogP contribution is 2.31. The number of nitrogens with zero attached hydrogens (tertiary/aromatic N) is 2. The number of carbonyl (C=O) groups excluding carboxylic acids is 3. The van der Waals surface area contributed by atoms with Crippen molar-refractivity contribution in [2.75, 3.05) is 31.5 Å². The maximum absolute atomic E-state index is 14.3. The second kappa shape index (κ2) is 11.6. The zero-order valence-electron chi connectivity index (χ0n) is 19.6. The first kappa shape index (κ1) is 25.8. The molecule has 6 N–H and O–H groups in total. The molecule has 2 aliphatic rings. The van der Waals surface area contributed by atoms with Crippen LogP contribution in [0.15, 0.2) is 18.2 Å². The van der Waals surface area contributed by atoms with Crippen LogP contribution in [0.5, 0.6) is 5.88 Å². The van der Waals surface area contributed by atoms with Gasteiger partial charge in [-0.15, -0.1) is 0 Å². The van der Waals surface area contributed by atoms with Gasteiger partial charge < -0.3 is 31.1 Å². The van der Waals surface area contributed by atoms with Crippen LogP contribution in [0.3, 0.4) is 0 Å². The van der Waals surface area contributed by atoms with Crippen molar-refractivity contribution in [3.8, 4) is 5.88 Å². The number of urea groups is 1. The second-order valence-corrected chi connectivity index (χ2v) is 9.65. The monoisotopic (exact) mass is 520 g/mol. The third-order valence-electron chi connectivity index (χ3n) is 5.90. The third kappa shape index (κ3) is 6.89. The van der Waals surface area contributed by atoms with Crippen molar-refractivity contribution in [3.05, 3.63) is 40.7 Å². The fourth-order valence-electron chi connectivity index (χ4n) is 3.81. The second-order valence-electron chi connectivity index (χ2n) is 8.88. The molecule has 2 aromatic rings. The molecule has 1 aliphatic heterocycles. The van der Waals surface area contributed by atoms with Gasteiger partial charge in [0.25, 0.3) is 11.8 Å². The first-order chi connectivity index (χ1) is 17.3. The molecule has 1 aliphatic carbocycles. The first-order valence-electron chi connectivity index (χ1n) is 11.8. The summed E-state index contributed by atoms with van der Waals surface area (Å²) in [5, 5.41) is 17.7. The SMILES string of the molecule is NC(=O)c1c(OCc2cc(C(=O)NC3CC3)ccc2F)nsc1NC(=O)NCCCN1CC[C@@H](O)C1. The summed E-state index contributed by atoms with van der Waals surface area (Å²) in [6.07, 6.45) is 3.03. The highest BCUT2D eigenvalue weighted by molar-refractivity contribution is 7.11. The molecule has 36 heavy (non-hydrogen) atoms. The van der Waals surface area contributed by atoms with Crippen LogP contribution in [0, 0.1) is 5.82 Å². The van der Waals surface area contributed by atoms with Crippen LogP contribution >= 0.6 is 11.5 Å². The molecule has 1 saturated carbocycles. The van der Waals surface area contributed by atoms with Crippen LogP contribution in [0.2, 0.25) is 0 Å². The number of aliphatic hydroxyl groups excluding tert-OH is 1. The number of likely N-dealkylation sites (tertiary alicyclic amines) is 1. The maximum Gasteiger partial charge on any atom is 0.319 e. The average Bonchev–Trinajstić information content (AvgIpc) is 3.41. The van der Waals surface area contributed by atoms with Crippen LogP contribution in [-0.2, 0) is 6.61 Å². The average molecular weight is 521 g/mol. The van der Waals surface area contributed by atoms with Crippen molar-refractivity contribution < 1.29 is 28.6 Å². The van der Waals surface area contributed by atoms with Crippen LogP contribution in [-0.4, -0.2) is 70.6 Å². The Morgan fingerprint density at radius 1 is 1.28 bits per heavy atom. The van der Waals surface area contributed by atoms with Gasteiger partial charge in [-0.05, 0) is 62.0 Å². The van der Waals surface area contributed by atoms with E-state index < -0.39 is 17.8 Å². The standard InChI is InChI=1S/C23H29FN6O5S/c24-17-5-2-13(20(33)27-15-3-4-15)10-14(17)12-35-21-18(19(25)32)22(36-29-21)28-23(34)26-7-1-8-30-9-6-16(31)11-30/h2,5,10,15-16,31H,1,3-4,6-9,11-12H2,(H2,25,32)(H,27,33)(H2,26,28,34)/t16-/m1/s1. The number of hydrogen-bond acceptors (Lipinski definition) is 8. The third-order valence-corrected chi connectivity index (χ3v) is 6.65. The van der Waals surface area contributed by atoms with Crippen molar-refractivity contribution in [3.63, 3.8) is 0 Å².